The lowest BCUT2D eigenvalue weighted by Crippen LogP contribution is -1.93. The fourth-order valence-electron chi connectivity index (χ4n) is 8.49. The molecule has 0 fully saturated rings. The molecule has 0 amide bonds. The molecule has 0 saturated carbocycles. The average Bonchev–Trinajstić information content (AvgIpc) is 3.73. The monoisotopic (exact) mass is 744 g/mol. The fraction of sp³-hybridized carbons (Fsp3) is 0.0714. The lowest BCUT2D eigenvalue weighted by molar-refractivity contribution is 1.18. The zero-order valence-electron chi connectivity index (χ0n) is 33.4. The molecule has 8 aromatic carbocycles. The molecule has 0 aliphatic heterocycles. The minimum atomic E-state index is 1.17. The zero-order chi connectivity index (χ0) is 39.3. The maximum absolute atomic E-state index is 2.38. The van der Waals surface area contributed by atoms with E-state index in [9.17, 15) is 0 Å². The van der Waals surface area contributed by atoms with E-state index < -0.39 is 0 Å². The molecule has 278 valence electrons. The molecule has 2 nitrogen and oxygen atoms in total. The van der Waals surface area contributed by atoms with Crippen LogP contribution in [0.3, 0.4) is 0 Å². The molecule has 2 aromatic heterocycles. The SMILES string of the molecule is Cc1ccc2c(c1)c1cc(C)ccc1n2-c1ccc(/C=C/c2ccc(-c3ccc(/C=C/c4ccc(-n5c6ccc(C)cc6c6cc(C)ccc65)cc4)cc3)cc2)cc1. The van der Waals surface area contributed by atoms with Crippen molar-refractivity contribution in [3.05, 3.63) is 214 Å². The van der Waals surface area contributed by atoms with Gasteiger partial charge in [-0.1, -0.05) is 144 Å². The molecular weight excluding hydrogens is 701 g/mol. The number of rotatable bonds is 7. The van der Waals surface area contributed by atoms with Gasteiger partial charge in [0.05, 0.1) is 22.1 Å². The first-order valence-corrected chi connectivity index (χ1v) is 20.2. The smallest absolute Gasteiger partial charge is 0.0541 e. The minimum Gasteiger partial charge on any atom is -0.309 e. The highest BCUT2D eigenvalue weighted by atomic mass is 15.0. The van der Waals surface area contributed by atoms with Crippen molar-refractivity contribution >= 4 is 67.9 Å². The van der Waals surface area contributed by atoms with Crippen LogP contribution in [0.1, 0.15) is 44.5 Å². The molecular formula is C56H44N2. The van der Waals surface area contributed by atoms with E-state index in [-0.39, 0.29) is 0 Å². The van der Waals surface area contributed by atoms with E-state index in [1.165, 1.54) is 111 Å². The second-order valence-electron chi connectivity index (χ2n) is 15.8. The molecule has 0 unspecified atom stereocenters. The van der Waals surface area contributed by atoms with Crippen LogP contribution in [0.25, 0.3) is 90.4 Å². The van der Waals surface area contributed by atoms with Crippen molar-refractivity contribution in [1.29, 1.82) is 0 Å². The first kappa shape index (κ1) is 35.3. The molecule has 0 aliphatic rings. The number of hydrogen-bond donors (Lipinski definition) is 0. The standard InChI is InChI=1S/C56H44N2/c1-37-5-29-53-49(33-37)50-34-38(2)6-30-54(50)57(53)47-25-17-43(18-26-47)11-9-41-13-21-45(22-14-41)46-23-15-42(16-24-46)10-12-44-19-27-48(28-20-44)58-55-31-7-39(3)35-51(55)52-36-40(4)8-32-56(52)58/h5-36H,1-4H3/b11-9+,12-10+. The van der Waals surface area contributed by atoms with Crippen molar-refractivity contribution in [3.8, 4) is 22.5 Å². The highest BCUT2D eigenvalue weighted by Crippen LogP contribution is 2.35. The predicted octanol–water partition coefficient (Wildman–Crippen LogP) is 15.1. The lowest BCUT2D eigenvalue weighted by Gasteiger charge is -2.09. The largest absolute Gasteiger partial charge is 0.309 e. The fourth-order valence-corrected chi connectivity index (χ4v) is 8.49. The van der Waals surface area contributed by atoms with Crippen LogP contribution in [0.15, 0.2) is 170 Å². The molecule has 0 saturated heterocycles. The van der Waals surface area contributed by atoms with Crippen molar-refractivity contribution < 1.29 is 0 Å². The normalized spacial score (nSPS) is 12.0. The molecule has 58 heavy (non-hydrogen) atoms. The van der Waals surface area contributed by atoms with Crippen LogP contribution in [-0.2, 0) is 0 Å². The van der Waals surface area contributed by atoms with Crippen molar-refractivity contribution in [2.24, 2.45) is 0 Å². The summed E-state index contributed by atoms with van der Waals surface area (Å²) in [4.78, 5) is 0. The number of aryl methyl sites for hydroxylation is 4. The molecule has 2 heteroatoms. The van der Waals surface area contributed by atoms with Gasteiger partial charge < -0.3 is 9.13 Å². The summed E-state index contributed by atoms with van der Waals surface area (Å²) in [7, 11) is 0. The summed E-state index contributed by atoms with van der Waals surface area (Å²) in [5.74, 6) is 0. The van der Waals surface area contributed by atoms with E-state index in [2.05, 4.69) is 231 Å². The Morgan fingerprint density at radius 2 is 0.517 bits per heavy atom. The summed E-state index contributed by atoms with van der Waals surface area (Å²) in [5.41, 5.74) is 19.5. The van der Waals surface area contributed by atoms with E-state index in [0.717, 1.165) is 0 Å². The van der Waals surface area contributed by atoms with Crippen LogP contribution in [-0.4, -0.2) is 9.13 Å². The van der Waals surface area contributed by atoms with Crippen LogP contribution in [0.2, 0.25) is 0 Å². The summed E-state index contributed by atoms with van der Waals surface area (Å²) in [5, 5.41) is 5.22. The van der Waals surface area contributed by atoms with Crippen LogP contribution >= 0.6 is 0 Å². The zero-order valence-corrected chi connectivity index (χ0v) is 33.4. The molecule has 10 aromatic rings. The third-order valence-corrected chi connectivity index (χ3v) is 11.5. The molecule has 10 rings (SSSR count). The quantitative estimate of drug-likeness (QED) is 0.144. The highest BCUT2D eigenvalue weighted by molar-refractivity contribution is 6.10. The van der Waals surface area contributed by atoms with Gasteiger partial charge in [-0.15, -0.1) is 0 Å². The Morgan fingerprint density at radius 1 is 0.276 bits per heavy atom. The number of fused-ring (bicyclic) bond motifs is 6. The highest BCUT2D eigenvalue weighted by Gasteiger charge is 2.14. The van der Waals surface area contributed by atoms with Gasteiger partial charge >= 0.3 is 0 Å². The maximum atomic E-state index is 2.38. The van der Waals surface area contributed by atoms with Gasteiger partial charge in [0.1, 0.15) is 0 Å². The summed E-state index contributed by atoms with van der Waals surface area (Å²) in [6, 6.07) is 62.4. The summed E-state index contributed by atoms with van der Waals surface area (Å²) in [6.07, 6.45) is 8.77. The first-order valence-electron chi connectivity index (χ1n) is 20.2. The van der Waals surface area contributed by atoms with Crippen molar-refractivity contribution in [3.63, 3.8) is 0 Å². The van der Waals surface area contributed by atoms with Crippen LogP contribution in [0.4, 0.5) is 0 Å². The van der Waals surface area contributed by atoms with E-state index in [1.807, 2.05) is 0 Å². The van der Waals surface area contributed by atoms with Crippen LogP contribution in [0.5, 0.6) is 0 Å². The second kappa shape index (κ2) is 14.4. The Morgan fingerprint density at radius 3 is 0.776 bits per heavy atom. The Hall–Kier alpha value is -7.16. The minimum absolute atomic E-state index is 1.17. The topological polar surface area (TPSA) is 9.86 Å². The van der Waals surface area contributed by atoms with Gasteiger partial charge in [-0.2, -0.15) is 0 Å². The molecule has 0 N–H and O–H groups in total. The average molecular weight is 745 g/mol. The van der Waals surface area contributed by atoms with E-state index in [0.29, 0.717) is 0 Å². The lowest BCUT2D eigenvalue weighted by atomic mass is 10.0. The van der Waals surface area contributed by atoms with Gasteiger partial charge in [-0.3, -0.25) is 0 Å². The van der Waals surface area contributed by atoms with Gasteiger partial charge in [0.25, 0.3) is 0 Å². The van der Waals surface area contributed by atoms with E-state index in [4.69, 9.17) is 0 Å². The van der Waals surface area contributed by atoms with Gasteiger partial charge in [0, 0.05) is 32.9 Å². The number of benzene rings is 8. The van der Waals surface area contributed by atoms with E-state index >= 15 is 0 Å². The third-order valence-electron chi connectivity index (χ3n) is 11.5. The predicted molar refractivity (Wildman–Crippen MR) is 250 cm³/mol. The molecule has 2 heterocycles. The summed E-state index contributed by atoms with van der Waals surface area (Å²) >= 11 is 0. The van der Waals surface area contributed by atoms with Gasteiger partial charge in [0.2, 0.25) is 0 Å². The van der Waals surface area contributed by atoms with Crippen molar-refractivity contribution in [2.45, 2.75) is 27.7 Å². The summed E-state index contributed by atoms with van der Waals surface area (Å²) < 4.78 is 4.76. The number of hydrogen-bond acceptors (Lipinski definition) is 0. The van der Waals surface area contributed by atoms with Gasteiger partial charge in [-0.05, 0) is 134 Å². The Kier molecular flexibility index (Phi) is 8.76. The summed E-state index contributed by atoms with van der Waals surface area (Å²) in [6.45, 7) is 8.66. The molecule has 0 spiro atoms. The second-order valence-corrected chi connectivity index (χ2v) is 15.8. The van der Waals surface area contributed by atoms with Crippen molar-refractivity contribution in [2.75, 3.05) is 0 Å². The van der Waals surface area contributed by atoms with Gasteiger partial charge in [0.15, 0.2) is 0 Å². The third kappa shape index (κ3) is 6.53. The van der Waals surface area contributed by atoms with Gasteiger partial charge in [-0.25, -0.2) is 0 Å². The number of aromatic nitrogens is 2. The van der Waals surface area contributed by atoms with Crippen LogP contribution in [0, 0.1) is 27.7 Å². The first-order chi connectivity index (χ1) is 28.3. The van der Waals surface area contributed by atoms with E-state index in [1.54, 1.807) is 0 Å². The Balaban J connectivity index is 0.812. The molecule has 0 aliphatic carbocycles. The van der Waals surface area contributed by atoms with Crippen LogP contribution < -0.4 is 0 Å². The Labute approximate surface area is 340 Å². The maximum Gasteiger partial charge on any atom is 0.0541 e. The Bertz CT molecular complexity index is 2860. The molecule has 0 radical (unpaired) electrons. The van der Waals surface area contributed by atoms with Crippen molar-refractivity contribution in [1.82, 2.24) is 9.13 Å². The number of nitrogens with zero attached hydrogens (tertiary/aromatic N) is 2. The molecule has 0 atom stereocenters. The molecule has 0 bridgehead atoms.